The molecular weight excluding hydrogens is 330 g/mol. The molecule has 0 fully saturated rings. The van der Waals surface area contributed by atoms with Crippen LogP contribution in [0, 0.1) is 0 Å². The molecule has 7 heteroatoms. The van der Waals surface area contributed by atoms with Gasteiger partial charge in [-0.3, -0.25) is 0 Å². The van der Waals surface area contributed by atoms with Gasteiger partial charge in [-0.25, -0.2) is 0 Å². The molecule has 1 aromatic carbocycles. The van der Waals surface area contributed by atoms with E-state index in [1.165, 1.54) is 0 Å². The van der Waals surface area contributed by atoms with Crippen molar-refractivity contribution in [3.05, 3.63) is 22.2 Å². The molecule has 0 saturated carbocycles. The molecule has 20 heavy (non-hydrogen) atoms. The maximum atomic E-state index is 9.26. The summed E-state index contributed by atoms with van der Waals surface area (Å²) in [5, 5.41) is 30.8. The first kappa shape index (κ1) is 15.5. The lowest BCUT2D eigenvalue weighted by Gasteiger charge is -2.29. The third-order valence-corrected chi connectivity index (χ3v) is 3.82. The Hall–Kier alpha value is -0.860. The van der Waals surface area contributed by atoms with Gasteiger partial charge in [0.05, 0.1) is 29.8 Å². The first-order chi connectivity index (χ1) is 9.64. The molecule has 0 aromatic heterocycles. The van der Waals surface area contributed by atoms with Gasteiger partial charge in [0.1, 0.15) is 13.2 Å². The van der Waals surface area contributed by atoms with Crippen LogP contribution in [-0.4, -0.2) is 53.9 Å². The smallest absolute Gasteiger partial charge is 0.175 e. The zero-order valence-electron chi connectivity index (χ0n) is 10.9. The van der Waals surface area contributed by atoms with E-state index < -0.39 is 5.54 Å². The number of hydrogen-bond acceptors (Lipinski definition) is 6. The molecule has 0 amide bonds. The number of hydrogen-bond donors (Lipinski definition) is 4. The van der Waals surface area contributed by atoms with Gasteiger partial charge in [-0.2, -0.15) is 0 Å². The van der Waals surface area contributed by atoms with Crippen LogP contribution in [0.2, 0.25) is 0 Å². The molecule has 0 bridgehead atoms. The average molecular weight is 348 g/mol. The molecule has 0 aliphatic carbocycles. The normalized spacial score (nSPS) is 14.4. The number of ether oxygens (including phenoxy) is 2. The summed E-state index contributed by atoms with van der Waals surface area (Å²) >= 11 is 3.42. The fraction of sp³-hybridized carbons (Fsp3) is 0.538. The van der Waals surface area contributed by atoms with Gasteiger partial charge in [-0.15, -0.1) is 0 Å². The quantitative estimate of drug-likeness (QED) is 0.580. The summed E-state index contributed by atoms with van der Waals surface area (Å²) < 4.78 is 11.8. The van der Waals surface area contributed by atoms with Gasteiger partial charge in [0, 0.05) is 6.54 Å². The highest BCUT2D eigenvalue weighted by molar-refractivity contribution is 9.10. The van der Waals surface area contributed by atoms with Crippen molar-refractivity contribution >= 4 is 15.9 Å². The molecule has 112 valence electrons. The Kier molecular flexibility index (Phi) is 5.22. The highest BCUT2D eigenvalue weighted by Gasteiger charge is 2.27. The second kappa shape index (κ2) is 6.73. The molecule has 1 aromatic rings. The Morgan fingerprint density at radius 3 is 2.40 bits per heavy atom. The number of fused-ring (bicyclic) bond motifs is 1. The second-order valence-corrected chi connectivity index (χ2v) is 5.56. The molecule has 1 aliphatic rings. The Labute approximate surface area is 125 Å². The number of nitrogens with one attached hydrogen (secondary N) is 1. The number of aliphatic hydroxyl groups is 3. The lowest BCUT2D eigenvalue weighted by atomic mass is 10.0. The van der Waals surface area contributed by atoms with Crippen molar-refractivity contribution in [1.29, 1.82) is 0 Å². The van der Waals surface area contributed by atoms with Gasteiger partial charge in [0.25, 0.3) is 0 Å². The molecule has 0 spiro atoms. The van der Waals surface area contributed by atoms with Crippen molar-refractivity contribution in [2.24, 2.45) is 0 Å². The molecule has 6 nitrogen and oxygen atoms in total. The maximum absolute atomic E-state index is 9.26. The largest absolute Gasteiger partial charge is 0.486 e. The van der Waals surface area contributed by atoms with Gasteiger partial charge >= 0.3 is 0 Å². The molecular formula is C13H18BrNO5. The van der Waals surface area contributed by atoms with E-state index in [1.807, 2.05) is 12.1 Å². The highest BCUT2D eigenvalue weighted by atomic mass is 79.9. The van der Waals surface area contributed by atoms with Crippen LogP contribution in [0.3, 0.4) is 0 Å². The lowest BCUT2D eigenvalue weighted by molar-refractivity contribution is 0.0413. The molecule has 0 atom stereocenters. The van der Waals surface area contributed by atoms with E-state index in [9.17, 15) is 15.3 Å². The number of benzene rings is 1. The molecule has 2 rings (SSSR count). The Morgan fingerprint density at radius 1 is 1.10 bits per heavy atom. The van der Waals surface area contributed by atoms with Crippen LogP contribution < -0.4 is 14.8 Å². The van der Waals surface area contributed by atoms with Crippen LogP contribution in [0.1, 0.15) is 5.56 Å². The third kappa shape index (κ3) is 3.24. The van der Waals surface area contributed by atoms with Crippen LogP contribution in [0.4, 0.5) is 0 Å². The molecule has 1 aliphatic heterocycles. The number of halogens is 1. The van der Waals surface area contributed by atoms with Crippen LogP contribution in [-0.2, 0) is 6.54 Å². The SMILES string of the molecule is OCC(CO)(CO)NCc1cc(Br)c2c(c1)OCCO2. The molecule has 1 heterocycles. The van der Waals surface area contributed by atoms with Gasteiger partial charge in [0.2, 0.25) is 0 Å². The van der Waals surface area contributed by atoms with Crippen molar-refractivity contribution in [2.75, 3.05) is 33.0 Å². The topological polar surface area (TPSA) is 91.2 Å². The first-order valence-corrected chi connectivity index (χ1v) is 7.09. The van der Waals surface area contributed by atoms with Crippen LogP contribution in [0.15, 0.2) is 16.6 Å². The van der Waals surface area contributed by atoms with Crippen molar-refractivity contribution in [3.8, 4) is 11.5 Å². The average Bonchev–Trinajstić information content (AvgIpc) is 2.49. The van der Waals surface area contributed by atoms with E-state index in [2.05, 4.69) is 21.2 Å². The molecule has 0 saturated heterocycles. The lowest BCUT2D eigenvalue weighted by Crippen LogP contribution is -2.54. The molecule has 4 N–H and O–H groups in total. The van der Waals surface area contributed by atoms with E-state index >= 15 is 0 Å². The summed E-state index contributed by atoms with van der Waals surface area (Å²) in [4.78, 5) is 0. The van der Waals surface area contributed by atoms with Crippen LogP contribution in [0.25, 0.3) is 0 Å². The first-order valence-electron chi connectivity index (χ1n) is 6.30. The third-order valence-electron chi connectivity index (χ3n) is 3.23. The summed E-state index contributed by atoms with van der Waals surface area (Å²) in [6.45, 7) is 0.329. The minimum atomic E-state index is -1.10. The highest BCUT2D eigenvalue weighted by Crippen LogP contribution is 2.38. The fourth-order valence-electron chi connectivity index (χ4n) is 1.87. The Morgan fingerprint density at radius 2 is 1.75 bits per heavy atom. The van der Waals surface area contributed by atoms with Crippen LogP contribution >= 0.6 is 15.9 Å². The standard InChI is InChI=1S/C13H18BrNO5/c14-10-3-9(4-11-12(10)20-2-1-19-11)5-15-13(6-16,7-17)8-18/h3-4,15-18H,1-2,5-8H2. The van der Waals surface area contributed by atoms with E-state index in [0.29, 0.717) is 31.3 Å². The summed E-state index contributed by atoms with van der Waals surface area (Å²) in [5.74, 6) is 1.34. The molecule has 0 unspecified atom stereocenters. The van der Waals surface area contributed by atoms with Gasteiger partial charge in [-0.05, 0) is 33.6 Å². The fourth-order valence-corrected chi connectivity index (χ4v) is 2.48. The van der Waals surface area contributed by atoms with E-state index in [4.69, 9.17) is 9.47 Å². The maximum Gasteiger partial charge on any atom is 0.175 e. The minimum absolute atomic E-state index is 0.355. The zero-order valence-corrected chi connectivity index (χ0v) is 12.5. The van der Waals surface area contributed by atoms with Crippen molar-refractivity contribution in [2.45, 2.75) is 12.1 Å². The Balaban J connectivity index is 2.12. The predicted molar refractivity (Wildman–Crippen MR) is 76.0 cm³/mol. The predicted octanol–water partition coefficient (Wildman–Crippen LogP) is 0.0256. The van der Waals surface area contributed by atoms with Gasteiger partial charge in [0.15, 0.2) is 11.5 Å². The summed E-state index contributed by atoms with van der Waals surface area (Å²) in [7, 11) is 0. The van der Waals surface area contributed by atoms with Gasteiger partial charge in [-0.1, -0.05) is 0 Å². The second-order valence-electron chi connectivity index (χ2n) is 4.71. The van der Waals surface area contributed by atoms with Crippen molar-refractivity contribution < 1.29 is 24.8 Å². The van der Waals surface area contributed by atoms with Crippen molar-refractivity contribution in [1.82, 2.24) is 5.32 Å². The zero-order chi connectivity index (χ0) is 14.6. The van der Waals surface area contributed by atoms with Crippen molar-refractivity contribution in [3.63, 3.8) is 0 Å². The monoisotopic (exact) mass is 347 g/mol. The van der Waals surface area contributed by atoms with Crippen LogP contribution in [0.5, 0.6) is 11.5 Å². The van der Waals surface area contributed by atoms with E-state index in [0.717, 1.165) is 10.0 Å². The Bertz CT molecular complexity index is 456. The molecule has 0 radical (unpaired) electrons. The van der Waals surface area contributed by atoms with E-state index in [1.54, 1.807) is 0 Å². The van der Waals surface area contributed by atoms with Gasteiger partial charge < -0.3 is 30.1 Å². The number of aliphatic hydroxyl groups excluding tert-OH is 3. The summed E-state index contributed by atoms with van der Waals surface area (Å²) in [6.07, 6.45) is 0. The summed E-state index contributed by atoms with van der Waals surface area (Å²) in [5.41, 5.74) is -0.208. The number of rotatable bonds is 6. The van der Waals surface area contributed by atoms with E-state index in [-0.39, 0.29) is 19.8 Å². The summed E-state index contributed by atoms with van der Waals surface area (Å²) in [6, 6.07) is 3.71. The minimum Gasteiger partial charge on any atom is -0.486 e.